The molecule has 5 nitrogen and oxygen atoms in total. The minimum atomic E-state index is 0.161. The highest BCUT2D eigenvalue weighted by Crippen LogP contribution is 2.26. The number of aromatic amines is 1. The van der Waals surface area contributed by atoms with Crippen LogP contribution in [0.1, 0.15) is 30.0 Å². The SMILES string of the molecule is COc1ccccc1CC(=O)N1CCCC(c2ccn[nH]2)C1. The van der Waals surface area contributed by atoms with Gasteiger partial charge < -0.3 is 9.64 Å². The number of piperidine rings is 1. The summed E-state index contributed by atoms with van der Waals surface area (Å²) in [7, 11) is 1.64. The molecule has 0 aliphatic carbocycles. The fourth-order valence-corrected chi connectivity index (χ4v) is 3.08. The zero-order valence-electron chi connectivity index (χ0n) is 12.8. The molecule has 5 heteroatoms. The number of methoxy groups -OCH3 is 1. The topological polar surface area (TPSA) is 58.2 Å². The Morgan fingerprint density at radius 2 is 2.27 bits per heavy atom. The van der Waals surface area contributed by atoms with Crippen molar-refractivity contribution in [3.63, 3.8) is 0 Å². The molecule has 1 unspecified atom stereocenters. The van der Waals surface area contributed by atoms with E-state index in [0.717, 1.165) is 42.9 Å². The lowest BCUT2D eigenvalue weighted by Gasteiger charge is -2.32. The van der Waals surface area contributed by atoms with Crippen LogP contribution in [0.25, 0.3) is 0 Å². The first kappa shape index (κ1) is 14.6. The third kappa shape index (κ3) is 3.13. The summed E-state index contributed by atoms with van der Waals surface area (Å²) in [4.78, 5) is 14.6. The summed E-state index contributed by atoms with van der Waals surface area (Å²) in [6.07, 6.45) is 4.28. The third-order valence-corrected chi connectivity index (χ3v) is 4.27. The molecule has 1 atom stereocenters. The van der Waals surface area contributed by atoms with Crippen molar-refractivity contribution >= 4 is 5.91 Å². The third-order valence-electron chi connectivity index (χ3n) is 4.27. The summed E-state index contributed by atoms with van der Waals surface area (Å²) in [5.74, 6) is 1.30. The van der Waals surface area contributed by atoms with Gasteiger partial charge in [-0.1, -0.05) is 18.2 Å². The zero-order valence-corrected chi connectivity index (χ0v) is 12.8. The molecule has 2 aromatic rings. The second-order valence-corrected chi connectivity index (χ2v) is 5.68. The van der Waals surface area contributed by atoms with Gasteiger partial charge in [0, 0.05) is 36.5 Å². The van der Waals surface area contributed by atoms with E-state index in [9.17, 15) is 4.79 Å². The van der Waals surface area contributed by atoms with Crippen LogP contribution in [0.15, 0.2) is 36.5 Å². The fourth-order valence-electron chi connectivity index (χ4n) is 3.08. The van der Waals surface area contributed by atoms with Gasteiger partial charge in [0.05, 0.1) is 13.5 Å². The number of nitrogens with zero attached hydrogens (tertiary/aromatic N) is 2. The largest absolute Gasteiger partial charge is 0.496 e. The van der Waals surface area contributed by atoms with Gasteiger partial charge in [0.15, 0.2) is 0 Å². The van der Waals surface area contributed by atoms with E-state index in [4.69, 9.17) is 4.74 Å². The number of H-pyrrole nitrogens is 1. The van der Waals surface area contributed by atoms with Crippen LogP contribution in [0.5, 0.6) is 5.75 Å². The Morgan fingerprint density at radius 1 is 1.41 bits per heavy atom. The maximum atomic E-state index is 12.6. The lowest BCUT2D eigenvalue weighted by Crippen LogP contribution is -2.40. The Hall–Kier alpha value is -2.30. The van der Waals surface area contributed by atoms with Gasteiger partial charge in [-0.05, 0) is 25.0 Å². The molecule has 0 saturated carbocycles. The number of amides is 1. The van der Waals surface area contributed by atoms with Crippen molar-refractivity contribution in [2.24, 2.45) is 0 Å². The predicted octanol–water partition coefficient (Wildman–Crippen LogP) is 2.37. The van der Waals surface area contributed by atoms with E-state index in [1.54, 1.807) is 13.3 Å². The van der Waals surface area contributed by atoms with Gasteiger partial charge >= 0.3 is 0 Å². The van der Waals surface area contributed by atoms with Crippen molar-refractivity contribution < 1.29 is 9.53 Å². The number of hydrogen-bond donors (Lipinski definition) is 1. The van der Waals surface area contributed by atoms with E-state index in [0.29, 0.717) is 12.3 Å². The molecule has 0 spiro atoms. The van der Waals surface area contributed by atoms with E-state index < -0.39 is 0 Å². The first-order valence-electron chi connectivity index (χ1n) is 7.67. The highest BCUT2D eigenvalue weighted by Gasteiger charge is 2.25. The van der Waals surface area contributed by atoms with Gasteiger partial charge in [-0.15, -0.1) is 0 Å². The predicted molar refractivity (Wildman–Crippen MR) is 83.8 cm³/mol. The Kier molecular flexibility index (Phi) is 4.42. The van der Waals surface area contributed by atoms with Crippen molar-refractivity contribution in [2.75, 3.05) is 20.2 Å². The Balaban J connectivity index is 1.67. The molecule has 1 aliphatic heterocycles. The molecule has 1 aromatic heterocycles. The van der Waals surface area contributed by atoms with E-state index >= 15 is 0 Å². The average Bonchev–Trinajstić information content (AvgIpc) is 3.10. The van der Waals surface area contributed by atoms with Gasteiger partial charge in [0.1, 0.15) is 5.75 Å². The molecule has 116 valence electrons. The molecule has 0 bridgehead atoms. The number of hydrogen-bond acceptors (Lipinski definition) is 3. The number of benzene rings is 1. The fraction of sp³-hybridized carbons (Fsp3) is 0.412. The Morgan fingerprint density at radius 3 is 3.05 bits per heavy atom. The molecular weight excluding hydrogens is 278 g/mol. The molecule has 1 fully saturated rings. The van der Waals surface area contributed by atoms with Gasteiger partial charge in [-0.3, -0.25) is 9.89 Å². The molecule has 1 saturated heterocycles. The quantitative estimate of drug-likeness (QED) is 0.943. The number of likely N-dealkylation sites (tertiary alicyclic amines) is 1. The summed E-state index contributed by atoms with van der Waals surface area (Å²) < 4.78 is 5.33. The van der Waals surface area contributed by atoms with E-state index in [-0.39, 0.29) is 5.91 Å². The molecule has 3 rings (SSSR count). The molecule has 0 radical (unpaired) electrons. The summed E-state index contributed by atoms with van der Waals surface area (Å²) in [6.45, 7) is 1.59. The first-order chi connectivity index (χ1) is 10.8. The van der Waals surface area contributed by atoms with Gasteiger partial charge in [0.25, 0.3) is 0 Å². The number of para-hydroxylation sites is 1. The zero-order chi connectivity index (χ0) is 15.4. The summed E-state index contributed by atoms with van der Waals surface area (Å²) in [5, 5.41) is 7.04. The number of aromatic nitrogens is 2. The number of nitrogens with one attached hydrogen (secondary N) is 1. The van der Waals surface area contributed by atoms with Crippen LogP contribution < -0.4 is 4.74 Å². The second-order valence-electron chi connectivity index (χ2n) is 5.68. The Labute approximate surface area is 130 Å². The molecule has 2 heterocycles. The van der Waals surface area contributed by atoms with Crippen LogP contribution >= 0.6 is 0 Å². The minimum absolute atomic E-state index is 0.161. The van der Waals surface area contributed by atoms with Crippen molar-refractivity contribution in [2.45, 2.75) is 25.2 Å². The smallest absolute Gasteiger partial charge is 0.227 e. The summed E-state index contributed by atoms with van der Waals surface area (Å²) >= 11 is 0. The van der Waals surface area contributed by atoms with Crippen molar-refractivity contribution in [1.82, 2.24) is 15.1 Å². The van der Waals surface area contributed by atoms with Crippen molar-refractivity contribution in [3.05, 3.63) is 47.8 Å². The van der Waals surface area contributed by atoms with Crippen LogP contribution in [-0.4, -0.2) is 41.2 Å². The van der Waals surface area contributed by atoms with E-state index in [1.807, 2.05) is 35.2 Å². The highest BCUT2D eigenvalue weighted by molar-refractivity contribution is 5.79. The van der Waals surface area contributed by atoms with Crippen molar-refractivity contribution in [3.8, 4) is 5.75 Å². The molecule has 22 heavy (non-hydrogen) atoms. The molecule has 1 aromatic carbocycles. The summed E-state index contributed by atoms with van der Waals surface area (Å²) in [5.41, 5.74) is 2.06. The monoisotopic (exact) mass is 299 g/mol. The van der Waals surface area contributed by atoms with Gasteiger partial charge in [0.2, 0.25) is 5.91 Å². The molecule has 1 aliphatic rings. The van der Waals surface area contributed by atoms with Crippen LogP contribution in [-0.2, 0) is 11.2 Å². The number of rotatable bonds is 4. The number of carbonyl (C=O) groups is 1. The lowest BCUT2D eigenvalue weighted by molar-refractivity contribution is -0.131. The average molecular weight is 299 g/mol. The van der Waals surface area contributed by atoms with Crippen LogP contribution in [0.2, 0.25) is 0 Å². The normalized spacial score (nSPS) is 18.2. The van der Waals surface area contributed by atoms with Crippen LogP contribution in [0.4, 0.5) is 0 Å². The lowest BCUT2D eigenvalue weighted by atomic mass is 9.94. The number of ether oxygens (including phenoxy) is 1. The maximum Gasteiger partial charge on any atom is 0.227 e. The first-order valence-corrected chi connectivity index (χ1v) is 7.67. The molecular formula is C17H21N3O2. The standard InChI is InChI=1S/C17H21N3O2/c1-22-16-7-3-2-5-13(16)11-17(21)20-10-4-6-14(12-20)15-8-9-18-19-15/h2-3,5,7-9,14H,4,6,10-12H2,1H3,(H,18,19). The summed E-state index contributed by atoms with van der Waals surface area (Å²) in [6, 6.07) is 9.70. The van der Waals surface area contributed by atoms with Gasteiger partial charge in [-0.2, -0.15) is 5.10 Å². The maximum absolute atomic E-state index is 12.6. The Bertz CT molecular complexity index is 625. The van der Waals surface area contributed by atoms with E-state index in [1.165, 1.54) is 0 Å². The van der Waals surface area contributed by atoms with Crippen LogP contribution in [0.3, 0.4) is 0 Å². The van der Waals surface area contributed by atoms with Gasteiger partial charge in [-0.25, -0.2) is 0 Å². The second kappa shape index (κ2) is 6.64. The molecule has 1 N–H and O–H groups in total. The number of carbonyl (C=O) groups excluding carboxylic acids is 1. The van der Waals surface area contributed by atoms with Crippen molar-refractivity contribution in [1.29, 1.82) is 0 Å². The van der Waals surface area contributed by atoms with E-state index in [2.05, 4.69) is 10.2 Å². The minimum Gasteiger partial charge on any atom is -0.496 e. The molecule has 1 amide bonds. The highest BCUT2D eigenvalue weighted by atomic mass is 16.5. The van der Waals surface area contributed by atoms with Crippen LogP contribution in [0, 0.1) is 0 Å².